The van der Waals surface area contributed by atoms with Crippen LogP contribution in [-0.2, 0) is 16.1 Å². The smallest absolute Gasteiger partial charge is 0.326 e. The number of benzene rings is 1. The number of nitrogens with zero attached hydrogens (tertiary/aromatic N) is 3. The Kier molecular flexibility index (Phi) is 4.29. The summed E-state index contributed by atoms with van der Waals surface area (Å²) in [5, 5.41) is 0. The Bertz CT molecular complexity index is 840. The summed E-state index contributed by atoms with van der Waals surface area (Å²) in [6.45, 7) is 7.61. The fraction of sp³-hybridized carbons (Fsp3) is 0.368. The number of esters is 1. The molecule has 6 nitrogen and oxygen atoms in total. The highest BCUT2D eigenvalue weighted by Crippen LogP contribution is 2.27. The van der Waals surface area contributed by atoms with Gasteiger partial charge in [-0.1, -0.05) is 12.1 Å². The summed E-state index contributed by atoms with van der Waals surface area (Å²) in [5.41, 5.74) is 2.58. The summed E-state index contributed by atoms with van der Waals surface area (Å²) in [4.78, 5) is 34.6. The van der Waals surface area contributed by atoms with Gasteiger partial charge in [-0.3, -0.25) is 9.59 Å². The number of hydrogen-bond donors (Lipinski definition) is 0. The molecular weight excluding hydrogens is 318 g/mol. The van der Waals surface area contributed by atoms with Crippen molar-refractivity contribution in [2.75, 3.05) is 6.54 Å². The topological polar surface area (TPSA) is 72.4 Å². The molecule has 0 fully saturated rings. The predicted octanol–water partition coefficient (Wildman–Crippen LogP) is 2.75. The van der Waals surface area contributed by atoms with Crippen molar-refractivity contribution in [2.45, 2.75) is 39.8 Å². The third kappa shape index (κ3) is 3.84. The molecule has 0 spiro atoms. The number of fused-ring (bicyclic) bond motifs is 1. The van der Waals surface area contributed by atoms with E-state index in [-0.39, 0.29) is 12.5 Å². The lowest BCUT2D eigenvalue weighted by Crippen LogP contribution is -2.35. The number of hydrogen-bond acceptors (Lipinski definition) is 5. The highest BCUT2D eigenvalue weighted by atomic mass is 16.6. The first-order chi connectivity index (χ1) is 11.7. The molecule has 0 unspecified atom stereocenters. The Balaban J connectivity index is 1.79. The highest BCUT2D eigenvalue weighted by Gasteiger charge is 2.30. The van der Waals surface area contributed by atoms with E-state index in [0.29, 0.717) is 17.9 Å². The van der Waals surface area contributed by atoms with Gasteiger partial charge in [0.1, 0.15) is 18.0 Å². The van der Waals surface area contributed by atoms with Crippen LogP contribution in [0.3, 0.4) is 0 Å². The van der Waals surface area contributed by atoms with E-state index in [2.05, 4.69) is 9.97 Å². The molecule has 25 heavy (non-hydrogen) atoms. The van der Waals surface area contributed by atoms with Gasteiger partial charge in [0.2, 0.25) is 0 Å². The molecule has 0 atom stereocenters. The number of aryl methyl sites for hydroxylation is 1. The maximum Gasteiger partial charge on any atom is 0.326 e. The Morgan fingerprint density at radius 1 is 1.28 bits per heavy atom. The minimum absolute atomic E-state index is 0.0489. The summed E-state index contributed by atoms with van der Waals surface area (Å²) >= 11 is 0. The molecule has 0 radical (unpaired) electrons. The fourth-order valence-corrected chi connectivity index (χ4v) is 2.79. The van der Waals surface area contributed by atoms with Crippen LogP contribution >= 0.6 is 0 Å². The summed E-state index contributed by atoms with van der Waals surface area (Å²) in [6.07, 6.45) is 1.70. The normalized spacial score (nSPS) is 13.8. The van der Waals surface area contributed by atoms with E-state index in [1.165, 1.54) is 4.90 Å². The minimum atomic E-state index is -0.565. The fourth-order valence-electron chi connectivity index (χ4n) is 2.79. The molecule has 1 aliphatic rings. The van der Waals surface area contributed by atoms with Crippen LogP contribution in [-0.4, -0.2) is 38.9 Å². The lowest BCUT2D eigenvalue weighted by atomic mass is 10.0. The van der Waals surface area contributed by atoms with Crippen molar-refractivity contribution in [3.05, 3.63) is 47.4 Å². The summed E-state index contributed by atoms with van der Waals surface area (Å²) in [5.74, 6) is 0.115. The Morgan fingerprint density at radius 2 is 2.04 bits per heavy atom. The molecule has 0 bridgehead atoms. The van der Waals surface area contributed by atoms with Gasteiger partial charge >= 0.3 is 5.97 Å². The zero-order valence-electron chi connectivity index (χ0n) is 14.9. The third-order valence-corrected chi connectivity index (χ3v) is 3.80. The number of aromatic nitrogens is 2. The van der Waals surface area contributed by atoms with Crippen LogP contribution in [0, 0.1) is 6.92 Å². The molecule has 3 rings (SSSR count). The molecule has 0 aliphatic carbocycles. The summed E-state index contributed by atoms with van der Waals surface area (Å²) in [7, 11) is 0. The first kappa shape index (κ1) is 17.1. The monoisotopic (exact) mass is 339 g/mol. The molecule has 1 amide bonds. The number of rotatable bonds is 3. The van der Waals surface area contributed by atoms with E-state index in [1.807, 2.05) is 31.2 Å². The van der Waals surface area contributed by atoms with E-state index in [4.69, 9.17) is 4.74 Å². The van der Waals surface area contributed by atoms with E-state index < -0.39 is 11.6 Å². The number of amides is 1. The van der Waals surface area contributed by atoms with Gasteiger partial charge in [-0.05, 0) is 45.4 Å². The largest absolute Gasteiger partial charge is 0.459 e. The van der Waals surface area contributed by atoms with E-state index >= 15 is 0 Å². The Hall–Kier alpha value is -2.76. The van der Waals surface area contributed by atoms with Crippen LogP contribution < -0.4 is 0 Å². The molecule has 130 valence electrons. The van der Waals surface area contributed by atoms with E-state index in [0.717, 1.165) is 16.8 Å². The second-order valence-electron chi connectivity index (χ2n) is 7.11. The van der Waals surface area contributed by atoms with Crippen molar-refractivity contribution < 1.29 is 14.3 Å². The average Bonchev–Trinajstić information content (AvgIpc) is 2.81. The number of ether oxygens (including phenoxy) is 1. The molecule has 1 aromatic heterocycles. The van der Waals surface area contributed by atoms with Gasteiger partial charge in [-0.25, -0.2) is 9.97 Å². The van der Waals surface area contributed by atoms with Crippen LogP contribution in [0.15, 0.2) is 30.5 Å². The number of carbonyl (C=O) groups excluding carboxylic acids is 2. The quantitative estimate of drug-likeness (QED) is 0.804. The minimum Gasteiger partial charge on any atom is -0.459 e. The third-order valence-electron chi connectivity index (χ3n) is 3.80. The Labute approximate surface area is 146 Å². The molecule has 2 heterocycles. The molecule has 2 aromatic rings. The maximum absolute atomic E-state index is 12.6. The zero-order valence-corrected chi connectivity index (χ0v) is 14.9. The van der Waals surface area contributed by atoms with Gasteiger partial charge in [0.05, 0.1) is 5.69 Å². The molecule has 0 N–H and O–H groups in total. The van der Waals surface area contributed by atoms with Gasteiger partial charge < -0.3 is 9.64 Å². The zero-order chi connectivity index (χ0) is 18.2. The average molecular weight is 339 g/mol. The standard InChI is InChI=1S/C19H21N3O3/c1-12-20-8-7-16(21-12)13-5-6-14-10-22(18(24)15(14)9-13)11-17(23)25-19(2,3)4/h5-9H,10-11H2,1-4H3. The summed E-state index contributed by atoms with van der Waals surface area (Å²) in [6, 6.07) is 7.49. The van der Waals surface area contributed by atoms with Gasteiger partial charge in [0.25, 0.3) is 5.91 Å². The van der Waals surface area contributed by atoms with Crippen LogP contribution in [0.1, 0.15) is 42.5 Å². The van der Waals surface area contributed by atoms with Crippen molar-refractivity contribution in [3.63, 3.8) is 0 Å². The first-order valence-corrected chi connectivity index (χ1v) is 8.17. The molecule has 0 saturated carbocycles. The molecule has 1 aromatic carbocycles. The lowest BCUT2D eigenvalue weighted by Gasteiger charge is -2.22. The van der Waals surface area contributed by atoms with Crippen LogP contribution in [0.4, 0.5) is 0 Å². The van der Waals surface area contributed by atoms with E-state index in [1.54, 1.807) is 27.0 Å². The van der Waals surface area contributed by atoms with Crippen molar-refractivity contribution in [2.24, 2.45) is 0 Å². The first-order valence-electron chi connectivity index (χ1n) is 8.17. The van der Waals surface area contributed by atoms with Gasteiger partial charge in [-0.2, -0.15) is 0 Å². The molecular formula is C19H21N3O3. The predicted molar refractivity (Wildman–Crippen MR) is 92.8 cm³/mol. The Morgan fingerprint density at radius 3 is 2.72 bits per heavy atom. The molecule has 6 heteroatoms. The van der Waals surface area contributed by atoms with Gasteiger partial charge in [0, 0.05) is 23.9 Å². The lowest BCUT2D eigenvalue weighted by molar-refractivity contribution is -0.155. The second-order valence-corrected chi connectivity index (χ2v) is 7.11. The number of carbonyl (C=O) groups is 2. The van der Waals surface area contributed by atoms with Crippen LogP contribution in [0.2, 0.25) is 0 Å². The van der Waals surface area contributed by atoms with Crippen molar-refractivity contribution >= 4 is 11.9 Å². The molecule has 1 aliphatic heterocycles. The van der Waals surface area contributed by atoms with Gasteiger partial charge in [0.15, 0.2) is 0 Å². The summed E-state index contributed by atoms with van der Waals surface area (Å²) < 4.78 is 5.30. The molecule has 0 saturated heterocycles. The second kappa shape index (κ2) is 6.27. The highest BCUT2D eigenvalue weighted by molar-refractivity contribution is 6.00. The van der Waals surface area contributed by atoms with Crippen molar-refractivity contribution in [1.82, 2.24) is 14.9 Å². The van der Waals surface area contributed by atoms with E-state index in [9.17, 15) is 9.59 Å². The van der Waals surface area contributed by atoms with Crippen molar-refractivity contribution in [1.29, 1.82) is 0 Å². The van der Waals surface area contributed by atoms with Crippen molar-refractivity contribution in [3.8, 4) is 11.3 Å². The SMILES string of the molecule is Cc1nccc(-c2ccc3c(c2)C(=O)N(CC(=O)OC(C)(C)C)C3)n1. The van der Waals surface area contributed by atoms with Crippen LogP contribution in [0.5, 0.6) is 0 Å². The maximum atomic E-state index is 12.6. The van der Waals surface area contributed by atoms with Gasteiger partial charge in [-0.15, -0.1) is 0 Å². The van der Waals surface area contributed by atoms with Crippen LogP contribution in [0.25, 0.3) is 11.3 Å².